The first-order chi connectivity index (χ1) is 13.2. The molecule has 1 heterocycles. The molecule has 1 unspecified atom stereocenters. The molecule has 0 radical (unpaired) electrons. The van der Waals surface area contributed by atoms with Gasteiger partial charge in [-0.05, 0) is 43.2 Å². The van der Waals surface area contributed by atoms with Gasteiger partial charge in [0.25, 0.3) is 0 Å². The number of halogens is 1. The van der Waals surface area contributed by atoms with E-state index < -0.39 is 30.9 Å². The van der Waals surface area contributed by atoms with Crippen molar-refractivity contribution in [3.63, 3.8) is 0 Å². The average molecular weight is 428 g/mol. The van der Waals surface area contributed by atoms with Crippen molar-refractivity contribution < 1.29 is 26.0 Å². The number of sulfone groups is 1. The minimum atomic E-state index is -3.88. The molecule has 3 rings (SSSR count). The second-order valence-electron chi connectivity index (χ2n) is 6.70. The van der Waals surface area contributed by atoms with Gasteiger partial charge in [0, 0.05) is 18.7 Å². The second-order valence-corrected chi connectivity index (χ2v) is 10.9. The zero-order chi connectivity index (χ0) is 20.5. The van der Waals surface area contributed by atoms with Gasteiger partial charge in [0.05, 0.1) is 23.0 Å². The van der Waals surface area contributed by atoms with E-state index in [0.717, 1.165) is 4.31 Å². The van der Waals surface area contributed by atoms with Crippen LogP contribution < -0.4 is 4.74 Å². The van der Waals surface area contributed by atoms with E-state index in [4.69, 9.17) is 4.74 Å². The van der Waals surface area contributed by atoms with Crippen molar-refractivity contribution in [2.45, 2.75) is 23.5 Å². The number of methoxy groups -OCH3 is 1. The summed E-state index contributed by atoms with van der Waals surface area (Å²) in [6.45, 7) is 1.56. The van der Waals surface area contributed by atoms with Gasteiger partial charge in [-0.15, -0.1) is 0 Å². The van der Waals surface area contributed by atoms with Crippen molar-refractivity contribution in [2.75, 3.05) is 26.0 Å². The van der Waals surface area contributed by atoms with Crippen LogP contribution in [0.3, 0.4) is 0 Å². The maximum Gasteiger partial charge on any atom is 0.243 e. The van der Waals surface area contributed by atoms with Gasteiger partial charge in [-0.2, -0.15) is 4.31 Å². The molecule has 1 atom stereocenters. The maximum absolute atomic E-state index is 14.2. The van der Waals surface area contributed by atoms with Crippen molar-refractivity contribution in [1.29, 1.82) is 0 Å². The number of aryl methyl sites for hydroxylation is 1. The van der Waals surface area contributed by atoms with Crippen LogP contribution in [0.15, 0.2) is 47.4 Å². The Morgan fingerprint density at radius 3 is 2.50 bits per heavy atom. The summed E-state index contributed by atoms with van der Waals surface area (Å²) in [4.78, 5) is 0.0764. The smallest absolute Gasteiger partial charge is 0.243 e. The zero-order valence-electron chi connectivity index (χ0n) is 15.6. The van der Waals surface area contributed by atoms with Crippen molar-refractivity contribution in [3.05, 3.63) is 59.4 Å². The van der Waals surface area contributed by atoms with Gasteiger partial charge >= 0.3 is 0 Å². The molecule has 152 valence electrons. The molecule has 2 aromatic carbocycles. The summed E-state index contributed by atoms with van der Waals surface area (Å²) in [6, 6.07) is 10.2. The van der Waals surface area contributed by atoms with Crippen LogP contribution in [0, 0.1) is 12.7 Å². The monoisotopic (exact) mass is 427 g/mol. The van der Waals surface area contributed by atoms with Gasteiger partial charge in [-0.25, -0.2) is 21.2 Å². The highest BCUT2D eigenvalue weighted by molar-refractivity contribution is 7.92. The van der Waals surface area contributed by atoms with Crippen LogP contribution >= 0.6 is 0 Å². The summed E-state index contributed by atoms with van der Waals surface area (Å²) in [6.07, 6.45) is -0.00235. The third-order valence-corrected chi connectivity index (χ3v) is 8.96. The molecule has 6 nitrogen and oxygen atoms in total. The molecule has 0 spiro atoms. The van der Waals surface area contributed by atoms with Crippen LogP contribution in [0.1, 0.15) is 22.8 Å². The van der Waals surface area contributed by atoms with E-state index in [2.05, 4.69) is 0 Å². The largest absolute Gasteiger partial charge is 0.496 e. The first-order valence-corrected chi connectivity index (χ1v) is 11.9. The van der Waals surface area contributed by atoms with Crippen molar-refractivity contribution >= 4 is 19.9 Å². The number of benzene rings is 2. The second kappa shape index (κ2) is 7.81. The van der Waals surface area contributed by atoms with E-state index in [-0.39, 0.29) is 35.7 Å². The molecule has 0 aromatic heterocycles. The molecule has 1 aliphatic heterocycles. The summed E-state index contributed by atoms with van der Waals surface area (Å²) >= 11 is 0. The van der Waals surface area contributed by atoms with Gasteiger partial charge in [-0.1, -0.05) is 18.2 Å². The molecule has 1 aliphatic rings. The molecular weight excluding hydrogens is 405 g/mol. The van der Waals surface area contributed by atoms with Gasteiger partial charge in [-0.3, -0.25) is 0 Å². The topological polar surface area (TPSA) is 80.8 Å². The number of rotatable bonds is 4. The lowest BCUT2D eigenvalue weighted by molar-refractivity contribution is 0.410. The average Bonchev–Trinajstić information content (AvgIpc) is 2.80. The Morgan fingerprint density at radius 1 is 1.14 bits per heavy atom. The molecule has 0 amide bonds. The zero-order valence-corrected chi connectivity index (χ0v) is 17.3. The summed E-state index contributed by atoms with van der Waals surface area (Å²) in [5, 5.41) is -1.06. The molecule has 28 heavy (non-hydrogen) atoms. The quantitative estimate of drug-likeness (QED) is 0.750. The van der Waals surface area contributed by atoms with Crippen LogP contribution in [0.2, 0.25) is 0 Å². The van der Waals surface area contributed by atoms with Crippen LogP contribution in [-0.4, -0.2) is 47.1 Å². The highest BCUT2D eigenvalue weighted by Gasteiger charge is 2.36. The third kappa shape index (κ3) is 3.92. The Hall–Kier alpha value is -1.97. The van der Waals surface area contributed by atoms with Gasteiger partial charge < -0.3 is 4.74 Å². The van der Waals surface area contributed by atoms with Crippen molar-refractivity contribution in [1.82, 2.24) is 4.31 Å². The van der Waals surface area contributed by atoms with Gasteiger partial charge in [0.15, 0.2) is 9.84 Å². The highest BCUT2D eigenvalue weighted by Crippen LogP contribution is 2.33. The minimum Gasteiger partial charge on any atom is -0.496 e. The van der Waals surface area contributed by atoms with E-state index >= 15 is 0 Å². The first-order valence-electron chi connectivity index (χ1n) is 8.77. The predicted molar refractivity (Wildman–Crippen MR) is 104 cm³/mol. The number of hydrogen-bond donors (Lipinski definition) is 0. The van der Waals surface area contributed by atoms with E-state index in [1.54, 1.807) is 19.1 Å². The summed E-state index contributed by atoms with van der Waals surface area (Å²) < 4.78 is 71.9. The molecule has 1 saturated heterocycles. The molecule has 1 fully saturated rings. The fraction of sp³-hybridized carbons (Fsp3) is 0.368. The maximum atomic E-state index is 14.2. The molecule has 0 saturated carbocycles. The lowest BCUT2D eigenvalue weighted by atomic mass is 10.1. The molecule has 0 aliphatic carbocycles. The summed E-state index contributed by atoms with van der Waals surface area (Å²) in [5.41, 5.74) is 0.747. The Bertz CT molecular complexity index is 1080. The first kappa shape index (κ1) is 20.8. The van der Waals surface area contributed by atoms with Gasteiger partial charge in [0.2, 0.25) is 10.0 Å². The lowest BCUT2D eigenvalue weighted by Crippen LogP contribution is -2.33. The van der Waals surface area contributed by atoms with Crippen molar-refractivity contribution in [3.8, 4) is 5.75 Å². The normalized spacial score (nSPS) is 20.5. The molecule has 2 aromatic rings. The van der Waals surface area contributed by atoms with Crippen LogP contribution in [-0.2, 0) is 19.9 Å². The Morgan fingerprint density at radius 2 is 1.86 bits per heavy atom. The number of ether oxygens (including phenoxy) is 1. The molecule has 0 N–H and O–H groups in total. The SMILES string of the molecule is COc1ccc(S(=O)(=O)N2CCC(c3ccccc3F)S(=O)(=O)CC2)cc1C. The van der Waals surface area contributed by atoms with Crippen LogP contribution in [0.25, 0.3) is 0 Å². The van der Waals surface area contributed by atoms with E-state index in [1.165, 1.54) is 37.4 Å². The minimum absolute atomic E-state index is 0.00235. The number of sulfonamides is 1. The molecule has 9 heteroatoms. The summed E-state index contributed by atoms with van der Waals surface area (Å²) in [7, 11) is -6.08. The Labute approximate surface area is 164 Å². The molecule has 0 bridgehead atoms. The van der Waals surface area contributed by atoms with Crippen molar-refractivity contribution in [2.24, 2.45) is 0 Å². The van der Waals surface area contributed by atoms with Crippen LogP contribution in [0.4, 0.5) is 4.39 Å². The fourth-order valence-corrected chi connectivity index (χ4v) is 6.87. The van der Waals surface area contributed by atoms with E-state index in [9.17, 15) is 21.2 Å². The Kier molecular flexibility index (Phi) is 5.79. The number of nitrogens with zero attached hydrogens (tertiary/aromatic N) is 1. The predicted octanol–water partition coefficient (Wildman–Crippen LogP) is 2.69. The highest BCUT2D eigenvalue weighted by atomic mass is 32.2. The number of hydrogen-bond acceptors (Lipinski definition) is 5. The van der Waals surface area contributed by atoms with E-state index in [0.29, 0.717) is 11.3 Å². The van der Waals surface area contributed by atoms with Crippen LogP contribution in [0.5, 0.6) is 5.75 Å². The van der Waals surface area contributed by atoms with E-state index in [1.807, 2.05) is 0 Å². The third-order valence-electron chi connectivity index (χ3n) is 4.96. The fourth-order valence-electron chi connectivity index (χ4n) is 3.41. The van der Waals surface area contributed by atoms with Gasteiger partial charge in [0.1, 0.15) is 11.6 Å². The summed E-state index contributed by atoms with van der Waals surface area (Å²) in [5.74, 6) is -0.393. The Balaban J connectivity index is 1.92. The standard InChI is InChI=1S/C19H22FNO5S2/c1-14-13-15(7-8-18(14)26-2)28(24,25)21-10-9-19(27(22,23)12-11-21)16-5-3-4-6-17(16)20/h3-8,13,19H,9-12H2,1-2H3. The lowest BCUT2D eigenvalue weighted by Gasteiger charge is -2.20. The molecular formula is C19H22FNO5S2.